The molecule has 0 heterocycles. The molecule has 0 unspecified atom stereocenters. The van der Waals surface area contributed by atoms with E-state index in [1.807, 2.05) is 0 Å². The van der Waals surface area contributed by atoms with Gasteiger partial charge in [-0.15, -0.1) is 0 Å². The number of nitro groups is 1. The molecule has 0 saturated heterocycles. The van der Waals surface area contributed by atoms with Crippen molar-refractivity contribution in [3.05, 3.63) is 33.9 Å². The van der Waals surface area contributed by atoms with Crippen molar-refractivity contribution >= 4 is 5.69 Å². The third-order valence-electron chi connectivity index (χ3n) is 2.83. The van der Waals surface area contributed by atoms with Gasteiger partial charge in [0.1, 0.15) is 5.75 Å². The van der Waals surface area contributed by atoms with Gasteiger partial charge in [0.15, 0.2) is 0 Å². The maximum Gasteiger partial charge on any atom is 0.269 e. The van der Waals surface area contributed by atoms with Crippen LogP contribution in [-0.4, -0.2) is 18.1 Å². The van der Waals surface area contributed by atoms with E-state index < -0.39 is 0 Å². The molecule has 0 aromatic heterocycles. The molecule has 0 atom stereocenters. The van der Waals surface area contributed by atoms with Gasteiger partial charge in [-0.25, -0.2) is 0 Å². The summed E-state index contributed by atoms with van der Waals surface area (Å²) in [5.74, 6) is 1.20. The Morgan fingerprint density at radius 3 is 2.82 bits per heavy atom. The van der Waals surface area contributed by atoms with Crippen LogP contribution in [0.25, 0.3) is 0 Å². The molecule has 5 heteroatoms. The molecule has 5 nitrogen and oxygen atoms in total. The maximum atomic E-state index is 10.7. The first-order valence-corrected chi connectivity index (χ1v) is 5.83. The van der Waals surface area contributed by atoms with E-state index in [-0.39, 0.29) is 10.6 Å². The number of nitro benzene ring substituents is 1. The van der Waals surface area contributed by atoms with Crippen LogP contribution in [0.3, 0.4) is 0 Å². The fourth-order valence-corrected chi connectivity index (χ4v) is 1.76. The van der Waals surface area contributed by atoms with Gasteiger partial charge in [-0.05, 0) is 37.8 Å². The molecule has 1 aliphatic rings. The lowest BCUT2D eigenvalue weighted by atomic mass is 10.1. The molecule has 1 aromatic carbocycles. The summed E-state index contributed by atoms with van der Waals surface area (Å²) in [5.41, 5.74) is 6.50. The summed E-state index contributed by atoms with van der Waals surface area (Å²) in [6.07, 6.45) is 2.98. The Kier molecular flexibility index (Phi) is 3.58. The summed E-state index contributed by atoms with van der Waals surface area (Å²) >= 11 is 0. The molecule has 92 valence electrons. The Morgan fingerprint density at radius 2 is 2.24 bits per heavy atom. The highest BCUT2D eigenvalue weighted by Gasteiger charge is 2.28. The van der Waals surface area contributed by atoms with Crippen LogP contribution >= 0.6 is 0 Å². The van der Waals surface area contributed by atoms with Gasteiger partial charge in [0.25, 0.3) is 5.69 Å². The van der Waals surface area contributed by atoms with E-state index in [0.29, 0.717) is 19.1 Å². The minimum atomic E-state index is -0.366. The second-order valence-corrected chi connectivity index (χ2v) is 4.24. The van der Waals surface area contributed by atoms with Gasteiger partial charge in [-0.2, -0.15) is 0 Å². The lowest BCUT2D eigenvalue weighted by molar-refractivity contribution is -0.384. The summed E-state index contributed by atoms with van der Waals surface area (Å²) < 4.78 is 5.61. The minimum Gasteiger partial charge on any atom is -0.493 e. The van der Waals surface area contributed by atoms with E-state index in [4.69, 9.17) is 10.5 Å². The van der Waals surface area contributed by atoms with Gasteiger partial charge in [0, 0.05) is 17.7 Å². The lowest BCUT2D eigenvalue weighted by Crippen LogP contribution is -2.07. The molecule has 0 bridgehead atoms. The second-order valence-electron chi connectivity index (χ2n) is 4.24. The van der Waals surface area contributed by atoms with Gasteiger partial charge in [0.2, 0.25) is 0 Å². The third kappa shape index (κ3) is 2.94. The first-order valence-electron chi connectivity index (χ1n) is 5.83. The summed E-state index contributed by atoms with van der Waals surface area (Å²) in [4.78, 5) is 10.4. The highest BCUT2D eigenvalue weighted by Crippen LogP contribution is 2.45. The van der Waals surface area contributed by atoms with Gasteiger partial charge in [0.05, 0.1) is 11.5 Å². The molecule has 0 aliphatic heterocycles. The van der Waals surface area contributed by atoms with Gasteiger partial charge >= 0.3 is 0 Å². The Bertz CT molecular complexity index is 416. The maximum absolute atomic E-state index is 10.7. The predicted octanol–water partition coefficient (Wildman–Crippen LogP) is 2.20. The van der Waals surface area contributed by atoms with E-state index in [9.17, 15) is 10.1 Å². The van der Waals surface area contributed by atoms with Crippen molar-refractivity contribution < 1.29 is 9.66 Å². The first kappa shape index (κ1) is 11.9. The predicted molar refractivity (Wildman–Crippen MR) is 64.2 cm³/mol. The number of nitrogens with zero attached hydrogens (tertiary/aromatic N) is 1. The highest BCUT2D eigenvalue weighted by molar-refractivity contribution is 5.47. The quantitative estimate of drug-likeness (QED) is 0.466. The molecular formula is C12H16N2O3. The summed E-state index contributed by atoms with van der Waals surface area (Å²) in [6.45, 7) is 1.15. The van der Waals surface area contributed by atoms with Crippen LogP contribution in [0.5, 0.6) is 5.75 Å². The molecule has 1 fully saturated rings. The Morgan fingerprint density at radius 1 is 1.47 bits per heavy atom. The van der Waals surface area contributed by atoms with E-state index in [0.717, 1.165) is 30.6 Å². The van der Waals surface area contributed by atoms with Crippen LogP contribution in [0.4, 0.5) is 5.69 Å². The topological polar surface area (TPSA) is 78.4 Å². The van der Waals surface area contributed by atoms with Crippen LogP contribution in [0, 0.1) is 10.1 Å². The zero-order chi connectivity index (χ0) is 12.3. The standard InChI is InChI=1S/C12H16N2O3/c13-6-1-7-17-12-5-4-10(14(15)16)8-11(12)9-2-3-9/h4-5,8-9H,1-3,6-7,13H2. The summed E-state index contributed by atoms with van der Waals surface area (Å²) in [7, 11) is 0. The number of hydrogen-bond donors (Lipinski definition) is 1. The van der Waals surface area contributed by atoms with E-state index >= 15 is 0 Å². The molecule has 1 aromatic rings. The van der Waals surface area contributed by atoms with Crippen molar-refractivity contribution in [3.8, 4) is 5.75 Å². The first-order chi connectivity index (χ1) is 8.22. The van der Waals surface area contributed by atoms with Gasteiger partial charge < -0.3 is 10.5 Å². The average molecular weight is 236 g/mol. The molecular weight excluding hydrogens is 220 g/mol. The SMILES string of the molecule is NCCCOc1ccc([N+](=O)[O-])cc1C1CC1. The van der Waals surface area contributed by atoms with E-state index in [2.05, 4.69) is 0 Å². The van der Waals surface area contributed by atoms with Crippen molar-refractivity contribution in [3.63, 3.8) is 0 Å². The molecule has 17 heavy (non-hydrogen) atoms. The Balaban J connectivity index is 2.16. The number of hydrogen-bond acceptors (Lipinski definition) is 4. The summed E-state index contributed by atoms with van der Waals surface area (Å²) in [5, 5.41) is 10.7. The minimum absolute atomic E-state index is 0.137. The van der Waals surface area contributed by atoms with Crippen molar-refractivity contribution in [2.45, 2.75) is 25.2 Å². The molecule has 0 radical (unpaired) electrons. The highest BCUT2D eigenvalue weighted by atomic mass is 16.6. The zero-order valence-corrected chi connectivity index (χ0v) is 9.59. The van der Waals surface area contributed by atoms with E-state index in [1.54, 1.807) is 12.1 Å². The molecule has 2 N–H and O–H groups in total. The normalized spacial score (nSPS) is 14.6. The Hall–Kier alpha value is -1.62. The smallest absolute Gasteiger partial charge is 0.269 e. The van der Waals surface area contributed by atoms with Gasteiger partial charge in [-0.3, -0.25) is 10.1 Å². The number of non-ortho nitro benzene ring substituents is 1. The second kappa shape index (κ2) is 5.14. The number of rotatable bonds is 6. The zero-order valence-electron chi connectivity index (χ0n) is 9.59. The largest absolute Gasteiger partial charge is 0.493 e. The fourth-order valence-electron chi connectivity index (χ4n) is 1.76. The fraction of sp³-hybridized carbons (Fsp3) is 0.500. The van der Waals surface area contributed by atoms with Crippen molar-refractivity contribution in [2.24, 2.45) is 5.73 Å². The Labute approximate surface area is 99.7 Å². The van der Waals surface area contributed by atoms with Crippen LogP contribution in [0.1, 0.15) is 30.7 Å². The molecule has 1 saturated carbocycles. The van der Waals surface area contributed by atoms with Crippen LogP contribution < -0.4 is 10.5 Å². The monoisotopic (exact) mass is 236 g/mol. The van der Waals surface area contributed by atoms with Crippen molar-refractivity contribution in [1.82, 2.24) is 0 Å². The van der Waals surface area contributed by atoms with Crippen LogP contribution in [0.15, 0.2) is 18.2 Å². The van der Waals surface area contributed by atoms with Crippen LogP contribution in [0.2, 0.25) is 0 Å². The molecule has 0 amide bonds. The van der Waals surface area contributed by atoms with Crippen molar-refractivity contribution in [2.75, 3.05) is 13.2 Å². The van der Waals surface area contributed by atoms with E-state index in [1.165, 1.54) is 6.07 Å². The van der Waals surface area contributed by atoms with Crippen molar-refractivity contribution in [1.29, 1.82) is 0 Å². The van der Waals surface area contributed by atoms with Crippen LogP contribution in [-0.2, 0) is 0 Å². The lowest BCUT2D eigenvalue weighted by Gasteiger charge is -2.10. The summed E-state index contributed by atoms with van der Waals surface area (Å²) in [6, 6.07) is 4.82. The number of nitrogens with two attached hydrogens (primary N) is 1. The number of ether oxygens (including phenoxy) is 1. The third-order valence-corrected chi connectivity index (χ3v) is 2.83. The molecule has 0 spiro atoms. The number of benzene rings is 1. The molecule has 2 rings (SSSR count). The van der Waals surface area contributed by atoms with Gasteiger partial charge in [-0.1, -0.05) is 0 Å². The average Bonchev–Trinajstić information content (AvgIpc) is 3.13. The molecule has 1 aliphatic carbocycles.